The molecule has 3 aromatic rings. The molecule has 0 bridgehead atoms. The van der Waals surface area contributed by atoms with Gasteiger partial charge in [0.15, 0.2) is 5.76 Å². The molecule has 31 heavy (non-hydrogen) atoms. The summed E-state index contributed by atoms with van der Waals surface area (Å²) in [5.74, 6) is 1.03. The van der Waals surface area contributed by atoms with E-state index in [1.165, 1.54) is 10.6 Å². The molecule has 0 aliphatic carbocycles. The van der Waals surface area contributed by atoms with E-state index < -0.39 is 0 Å². The average Bonchev–Trinajstić information content (AvgIpc) is 3.31. The van der Waals surface area contributed by atoms with Crippen molar-refractivity contribution in [2.45, 2.75) is 17.1 Å². The van der Waals surface area contributed by atoms with Crippen molar-refractivity contribution in [3.63, 3.8) is 0 Å². The molecule has 6 heteroatoms. The minimum Gasteiger partial charge on any atom is -0.459 e. The van der Waals surface area contributed by atoms with Crippen molar-refractivity contribution in [3.05, 3.63) is 84.3 Å². The Morgan fingerprint density at radius 2 is 1.65 bits per heavy atom. The topological polar surface area (TPSA) is 48.7 Å². The van der Waals surface area contributed by atoms with E-state index in [9.17, 15) is 4.79 Å². The first-order valence-electron chi connectivity index (χ1n) is 10.8. The summed E-state index contributed by atoms with van der Waals surface area (Å²) in [6.07, 6.45) is 2.54. The Balaban J connectivity index is 1.16. The molecule has 2 heterocycles. The third kappa shape index (κ3) is 6.15. The molecule has 1 aliphatic rings. The number of anilines is 1. The highest BCUT2D eigenvalue weighted by molar-refractivity contribution is 7.98. The summed E-state index contributed by atoms with van der Waals surface area (Å²) in [5.41, 5.74) is 2.23. The summed E-state index contributed by atoms with van der Waals surface area (Å²) in [6.45, 7) is 5.86. The van der Waals surface area contributed by atoms with Crippen LogP contribution < -0.4 is 10.2 Å². The number of nitrogens with one attached hydrogen (secondary N) is 1. The number of nitrogens with zero attached hydrogens (tertiary/aromatic N) is 2. The number of piperazine rings is 1. The van der Waals surface area contributed by atoms with E-state index in [0.29, 0.717) is 12.3 Å². The van der Waals surface area contributed by atoms with Crippen molar-refractivity contribution in [2.24, 2.45) is 0 Å². The summed E-state index contributed by atoms with van der Waals surface area (Å²) in [4.78, 5) is 18.6. The number of hydrogen-bond acceptors (Lipinski definition) is 5. The first-order chi connectivity index (χ1) is 15.3. The fourth-order valence-corrected chi connectivity index (χ4v) is 4.68. The smallest absolute Gasteiger partial charge is 0.287 e. The Kier molecular flexibility index (Phi) is 7.69. The molecule has 162 valence electrons. The molecule has 5 nitrogen and oxygen atoms in total. The van der Waals surface area contributed by atoms with Gasteiger partial charge in [0, 0.05) is 54.6 Å². The molecule has 2 aromatic carbocycles. The molecule has 1 saturated heterocycles. The van der Waals surface area contributed by atoms with Crippen LogP contribution in [-0.2, 0) is 5.75 Å². The van der Waals surface area contributed by atoms with Crippen molar-refractivity contribution in [2.75, 3.05) is 44.2 Å². The zero-order valence-corrected chi connectivity index (χ0v) is 18.5. The van der Waals surface area contributed by atoms with Gasteiger partial charge in [-0.05, 0) is 43.3 Å². The van der Waals surface area contributed by atoms with Crippen molar-refractivity contribution in [1.29, 1.82) is 0 Å². The van der Waals surface area contributed by atoms with Crippen molar-refractivity contribution in [3.8, 4) is 0 Å². The van der Waals surface area contributed by atoms with Crippen molar-refractivity contribution >= 4 is 23.4 Å². The van der Waals surface area contributed by atoms with Crippen LogP contribution >= 0.6 is 11.8 Å². The molecule has 1 fully saturated rings. The number of hydrogen-bond donors (Lipinski definition) is 1. The standard InChI is InChI=1S/C25H29N3O2S/c29-25(24-21(12-19-30-24)20-31-23-10-5-2-6-11-23)26-13-7-14-27-15-17-28(18-16-27)22-8-3-1-4-9-22/h1-6,8-12,19H,7,13-18,20H2,(H,26,29). The van der Waals surface area contributed by atoms with Crippen LogP contribution in [0.1, 0.15) is 22.5 Å². The van der Waals surface area contributed by atoms with Gasteiger partial charge < -0.3 is 14.6 Å². The van der Waals surface area contributed by atoms with Crippen LogP contribution in [0.5, 0.6) is 0 Å². The number of benzene rings is 2. The molecule has 0 atom stereocenters. The lowest BCUT2D eigenvalue weighted by Crippen LogP contribution is -2.47. The van der Waals surface area contributed by atoms with E-state index in [0.717, 1.165) is 50.5 Å². The molecular formula is C25H29N3O2S. The van der Waals surface area contributed by atoms with Crippen LogP contribution in [0.25, 0.3) is 0 Å². The largest absolute Gasteiger partial charge is 0.459 e. The fraction of sp³-hybridized carbons (Fsp3) is 0.320. The average molecular weight is 436 g/mol. The quantitative estimate of drug-likeness (QED) is 0.396. The number of rotatable bonds is 9. The van der Waals surface area contributed by atoms with Crippen LogP contribution in [0, 0.1) is 0 Å². The molecule has 0 radical (unpaired) electrons. The van der Waals surface area contributed by atoms with Crippen molar-refractivity contribution < 1.29 is 9.21 Å². The van der Waals surface area contributed by atoms with E-state index in [-0.39, 0.29) is 5.91 Å². The van der Waals surface area contributed by atoms with Gasteiger partial charge in [0.1, 0.15) is 0 Å². The van der Waals surface area contributed by atoms with Crippen molar-refractivity contribution in [1.82, 2.24) is 10.2 Å². The van der Waals surface area contributed by atoms with Crippen LogP contribution in [0.3, 0.4) is 0 Å². The van der Waals surface area contributed by atoms with Gasteiger partial charge in [-0.25, -0.2) is 0 Å². The number of carbonyl (C=O) groups is 1. The van der Waals surface area contributed by atoms with Crippen LogP contribution in [0.2, 0.25) is 0 Å². The number of carbonyl (C=O) groups excluding carboxylic acids is 1. The predicted molar refractivity (Wildman–Crippen MR) is 127 cm³/mol. The monoisotopic (exact) mass is 435 g/mol. The second-order valence-electron chi connectivity index (χ2n) is 7.65. The van der Waals surface area contributed by atoms with Gasteiger partial charge in [-0.1, -0.05) is 36.4 Å². The van der Waals surface area contributed by atoms with Gasteiger partial charge in [0.25, 0.3) is 5.91 Å². The maximum atomic E-state index is 12.6. The van der Waals surface area contributed by atoms with Gasteiger partial charge >= 0.3 is 0 Å². The molecule has 1 aliphatic heterocycles. The normalized spacial score (nSPS) is 14.5. The third-order valence-corrected chi connectivity index (χ3v) is 6.58. The molecule has 0 saturated carbocycles. The lowest BCUT2D eigenvalue weighted by molar-refractivity contribution is 0.0923. The van der Waals surface area contributed by atoms with E-state index in [1.807, 2.05) is 24.3 Å². The molecule has 0 unspecified atom stereocenters. The lowest BCUT2D eigenvalue weighted by atomic mass is 10.2. The highest BCUT2D eigenvalue weighted by Gasteiger charge is 2.18. The Morgan fingerprint density at radius 3 is 2.39 bits per heavy atom. The highest BCUT2D eigenvalue weighted by atomic mass is 32.2. The Hall–Kier alpha value is -2.70. The van der Waals surface area contributed by atoms with E-state index in [1.54, 1.807) is 18.0 Å². The Morgan fingerprint density at radius 1 is 0.935 bits per heavy atom. The Bertz CT molecular complexity index is 938. The molecule has 1 aromatic heterocycles. The maximum absolute atomic E-state index is 12.6. The lowest BCUT2D eigenvalue weighted by Gasteiger charge is -2.36. The van der Waals surface area contributed by atoms with Crippen LogP contribution in [0.15, 0.2) is 82.3 Å². The van der Waals surface area contributed by atoms with E-state index in [2.05, 4.69) is 57.6 Å². The maximum Gasteiger partial charge on any atom is 0.287 e. The van der Waals surface area contributed by atoms with Gasteiger partial charge in [-0.3, -0.25) is 9.69 Å². The van der Waals surface area contributed by atoms with Gasteiger partial charge in [-0.15, -0.1) is 11.8 Å². The zero-order chi connectivity index (χ0) is 21.3. The first-order valence-corrected chi connectivity index (χ1v) is 11.8. The Labute approximate surface area is 188 Å². The second kappa shape index (κ2) is 11.1. The molecular weight excluding hydrogens is 406 g/mol. The molecule has 1 amide bonds. The summed E-state index contributed by atoms with van der Waals surface area (Å²) in [6, 6.07) is 22.7. The summed E-state index contributed by atoms with van der Waals surface area (Å²) < 4.78 is 5.47. The first kappa shape index (κ1) is 21.5. The van der Waals surface area contributed by atoms with Gasteiger partial charge in [0.05, 0.1) is 6.26 Å². The SMILES string of the molecule is O=C(NCCCN1CCN(c2ccccc2)CC1)c1occc1CSc1ccccc1. The number of para-hydroxylation sites is 1. The van der Waals surface area contributed by atoms with Crippen LogP contribution in [0.4, 0.5) is 5.69 Å². The van der Waals surface area contributed by atoms with E-state index >= 15 is 0 Å². The summed E-state index contributed by atoms with van der Waals surface area (Å²) >= 11 is 1.70. The minimum atomic E-state index is -0.123. The van der Waals surface area contributed by atoms with Gasteiger partial charge in [-0.2, -0.15) is 0 Å². The molecule has 0 spiro atoms. The summed E-state index contributed by atoms with van der Waals surface area (Å²) in [5, 5.41) is 3.02. The summed E-state index contributed by atoms with van der Waals surface area (Å²) in [7, 11) is 0. The number of amides is 1. The molecule has 1 N–H and O–H groups in total. The fourth-order valence-electron chi connectivity index (χ4n) is 3.78. The number of thioether (sulfide) groups is 1. The highest BCUT2D eigenvalue weighted by Crippen LogP contribution is 2.24. The van der Waals surface area contributed by atoms with Gasteiger partial charge in [0.2, 0.25) is 0 Å². The molecule has 4 rings (SSSR count). The number of furan rings is 1. The third-order valence-electron chi connectivity index (χ3n) is 5.52. The van der Waals surface area contributed by atoms with Crippen LogP contribution in [-0.4, -0.2) is 50.1 Å². The minimum absolute atomic E-state index is 0.123. The zero-order valence-electron chi connectivity index (χ0n) is 17.7. The van der Waals surface area contributed by atoms with E-state index in [4.69, 9.17) is 4.42 Å². The second-order valence-corrected chi connectivity index (χ2v) is 8.70. The predicted octanol–water partition coefficient (Wildman–Crippen LogP) is 4.51.